The molecule has 3 rings (SSSR count). The van der Waals surface area contributed by atoms with Crippen molar-refractivity contribution in [3.63, 3.8) is 0 Å². The lowest BCUT2D eigenvalue weighted by Gasteiger charge is -2.11. The highest BCUT2D eigenvalue weighted by Gasteiger charge is 2.09. The molecule has 160 valence electrons. The first-order chi connectivity index (χ1) is 15.0. The number of rotatable bonds is 8. The SMILES string of the molecule is COc1cc(C(=O)NN=Cc2ccc(OC)c(COc3ccc(Br)cc3)c2)ccc1O. The molecule has 3 aromatic carbocycles. The number of phenols is 1. The predicted octanol–water partition coefficient (Wildman–Crippen LogP) is 4.51. The minimum atomic E-state index is -0.429. The Bertz CT molecular complexity index is 1080. The van der Waals surface area contributed by atoms with Crippen molar-refractivity contribution in [2.45, 2.75) is 6.61 Å². The summed E-state index contributed by atoms with van der Waals surface area (Å²) in [5.74, 6) is 1.16. The summed E-state index contributed by atoms with van der Waals surface area (Å²) in [5.41, 5.74) is 4.37. The second-order valence-electron chi connectivity index (χ2n) is 6.40. The van der Waals surface area contributed by atoms with Gasteiger partial charge in [-0.15, -0.1) is 0 Å². The molecule has 0 atom stereocenters. The van der Waals surface area contributed by atoms with Gasteiger partial charge in [0, 0.05) is 15.6 Å². The van der Waals surface area contributed by atoms with Crippen LogP contribution in [-0.2, 0) is 6.61 Å². The predicted molar refractivity (Wildman–Crippen MR) is 121 cm³/mol. The molecule has 0 aromatic heterocycles. The van der Waals surface area contributed by atoms with Crippen LogP contribution in [0, 0.1) is 0 Å². The van der Waals surface area contributed by atoms with Gasteiger partial charge in [-0.1, -0.05) is 15.9 Å². The van der Waals surface area contributed by atoms with Gasteiger partial charge in [-0.25, -0.2) is 5.43 Å². The number of hydrogen-bond donors (Lipinski definition) is 2. The summed E-state index contributed by atoms with van der Waals surface area (Å²) >= 11 is 3.40. The van der Waals surface area contributed by atoms with Crippen molar-refractivity contribution in [3.05, 3.63) is 81.8 Å². The maximum absolute atomic E-state index is 12.3. The molecular formula is C23H21BrN2O5. The van der Waals surface area contributed by atoms with Gasteiger partial charge in [0.1, 0.15) is 18.1 Å². The van der Waals surface area contributed by atoms with E-state index in [1.807, 2.05) is 42.5 Å². The number of ether oxygens (including phenoxy) is 3. The molecule has 0 spiro atoms. The Morgan fingerprint density at radius 3 is 2.48 bits per heavy atom. The van der Waals surface area contributed by atoms with Gasteiger partial charge in [0.2, 0.25) is 0 Å². The molecule has 8 heteroatoms. The van der Waals surface area contributed by atoms with Crippen molar-refractivity contribution in [3.8, 4) is 23.0 Å². The van der Waals surface area contributed by atoms with E-state index in [1.165, 1.54) is 31.5 Å². The summed E-state index contributed by atoms with van der Waals surface area (Å²) in [7, 11) is 3.01. The lowest BCUT2D eigenvalue weighted by atomic mass is 10.1. The molecule has 0 saturated carbocycles. The number of methoxy groups -OCH3 is 2. The van der Waals surface area contributed by atoms with Crippen LogP contribution in [0.5, 0.6) is 23.0 Å². The van der Waals surface area contributed by atoms with Gasteiger partial charge in [-0.05, 0) is 66.2 Å². The molecule has 0 aliphatic carbocycles. The molecule has 0 saturated heterocycles. The minimum absolute atomic E-state index is 0.0429. The Hall–Kier alpha value is -3.52. The second-order valence-corrected chi connectivity index (χ2v) is 7.32. The summed E-state index contributed by atoms with van der Waals surface area (Å²) in [5, 5.41) is 13.6. The molecule has 2 N–H and O–H groups in total. The third-order valence-corrected chi connectivity index (χ3v) is 4.86. The van der Waals surface area contributed by atoms with Crippen LogP contribution in [0.2, 0.25) is 0 Å². The van der Waals surface area contributed by atoms with E-state index in [2.05, 4.69) is 26.5 Å². The van der Waals surface area contributed by atoms with Crippen LogP contribution >= 0.6 is 15.9 Å². The number of carbonyl (C=O) groups is 1. The fraction of sp³-hybridized carbons (Fsp3) is 0.130. The van der Waals surface area contributed by atoms with Crippen molar-refractivity contribution in [2.75, 3.05) is 14.2 Å². The van der Waals surface area contributed by atoms with Crippen molar-refractivity contribution in [1.82, 2.24) is 5.43 Å². The summed E-state index contributed by atoms with van der Waals surface area (Å²) in [6.45, 7) is 0.312. The number of benzene rings is 3. The number of hydrogen-bond acceptors (Lipinski definition) is 6. The van der Waals surface area contributed by atoms with Crippen LogP contribution in [0.3, 0.4) is 0 Å². The lowest BCUT2D eigenvalue weighted by molar-refractivity contribution is 0.0954. The van der Waals surface area contributed by atoms with Crippen molar-refractivity contribution in [1.29, 1.82) is 0 Å². The molecule has 0 fully saturated rings. The molecular weight excluding hydrogens is 464 g/mol. The zero-order valence-corrected chi connectivity index (χ0v) is 18.5. The van der Waals surface area contributed by atoms with E-state index < -0.39 is 5.91 Å². The molecule has 0 radical (unpaired) electrons. The highest BCUT2D eigenvalue weighted by molar-refractivity contribution is 9.10. The van der Waals surface area contributed by atoms with Crippen LogP contribution in [0.15, 0.2) is 70.2 Å². The monoisotopic (exact) mass is 484 g/mol. The summed E-state index contributed by atoms with van der Waals surface area (Å²) in [4.78, 5) is 12.3. The van der Waals surface area contributed by atoms with E-state index >= 15 is 0 Å². The maximum Gasteiger partial charge on any atom is 0.271 e. The summed E-state index contributed by atoms with van der Waals surface area (Å²) in [6.07, 6.45) is 1.53. The Labute approximate surface area is 188 Å². The quantitative estimate of drug-likeness (QED) is 0.362. The maximum atomic E-state index is 12.3. The van der Waals surface area contributed by atoms with Crippen molar-refractivity contribution < 1.29 is 24.1 Å². The van der Waals surface area contributed by atoms with Crippen LogP contribution in [0.4, 0.5) is 0 Å². The first-order valence-electron chi connectivity index (χ1n) is 9.26. The molecule has 0 bridgehead atoms. The Kier molecular flexibility index (Phi) is 7.50. The third kappa shape index (κ3) is 5.99. The lowest BCUT2D eigenvalue weighted by Crippen LogP contribution is -2.17. The van der Waals surface area contributed by atoms with Crippen LogP contribution < -0.4 is 19.6 Å². The van der Waals surface area contributed by atoms with E-state index in [9.17, 15) is 9.90 Å². The van der Waals surface area contributed by atoms with Crippen molar-refractivity contribution >= 4 is 28.1 Å². The first kappa shape index (κ1) is 22.2. The molecule has 31 heavy (non-hydrogen) atoms. The van der Waals surface area contributed by atoms with Gasteiger partial charge in [0.05, 0.1) is 20.4 Å². The number of carbonyl (C=O) groups excluding carboxylic acids is 1. The topological polar surface area (TPSA) is 89.4 Å². The van der Waals surface area contributed by atoms with E-state index in [1.54, 1.807) is 7.11 Å². The number of nitrogens with zero attached hydrogens (tertiary/aromatic N) is 1. The summed E-state index contributed by atoms with van der Waals surface area (Å²) < 4.78 is 17.2. The van der Waals surface area contributed by atoms with Crippen LogP contribution in [0.25, 0.3) is 0 Å². The van der Waals surface area contributed by atoms with Gasteiger partial charge in [0.25, 0.3) is 5.91 Å². The zero-order chi connectivity index (χ0) is 22.2. The normalized spacial score (nSPS) is 10.7. The smallest absolute Gasteiger partial charge is 0.271 e. The van der Waals surface area contributed by atoms with Crippen LogP contribution in [-0.4, -0.2) is 31.4 Å². The van der Waals surface area contributed by atoms with Gasteiger partial charge in [-0.3, -0.25) is 4.79 Å². The molecule has 0 unspecified atom stereocenters. The van der Waals surface area contributed by atoms with E-state index in [4.69, 9.17) is 14.2 Å². The molecule has 1 amide bonds. The van der Waals surface area contributed by atoms with E-state index in [0.29, 0.717) is 17.9 Å². The first-order valence-corrected chi connectivity index (χ1v) is 10.0. The van der Waals surface area contributed by atoms with E-state index in [0.717, 1.165) is 21.3 Å². The Balaban J connectivity index is 1.66. The number of phenolic OH excluding ortho intramolecular Hbond substituents is 1. The minimum Gasteiger partial charge on any atom is -0.504 e. The van der Waals surface area contributed by atoms with Crippen molar-refractivity contribution in [2.24, 2.45) is 5.10 Å². The number of nitrogens with one attached hydrogen (secondary N) is 1. The second kappa shape index (κ2) is 10.5. The molecule has 0 heterocycles. The third-order valence-electron chi connectivity index (χ3n) is 4.33. The number of hydrazone groups is 1. The summed E-state index contributed by atoms with van der Waals surface area (Å²) in [6, 6.07) is 17.4. The Morgan fingerprint density at radius 1 is 1.03 bits per heavy atom. The molecule has 0 aliphatic rings. The van der Waals surface area contributed by atoms with E-state index in [-0.39, 0.29) is 11.5 Å². The average molecular weight is 485 g/mol. The molecule has 0 aliphatic heterocycles. The fourth-order valence-electron chi connectivity index (χ4n) is 2.73. The number of aromatic hydroxyl groups is 1. The zero-order valence-electron chi connectivity index (χ0n) is 17.0. The van der Waals surface area contributed by atoms with Gasteiger partial charge in [0.15, 0.2) is 11.5 Å². The van der Waals surface area contributed by atoms with Crippen LogP contribution in [0.1, 0.15) is 21.5 Å². The average Bonchev–Trinajstić information content (AvgIpc) is 2.79. The molecule has 3 aromatic rings. The van der Waals surface area contributed by atoms with Gasteiger partial charge < -0.3 is 19.3 Å². The highest BCUT2D eigenvalue weighted by atomic mass is 79.9. The number of halogens is 1. The van der Waals surface area contributed by atoms with Gasteiger partial charge >= 0.3 is 0 Å². The Morgan fingerprint density at radius 2 is 1.77 bits per heavy atom. The number of amides is 1. The highest BCUT2D eigenvalue weighted by Crippen LogP contribution is 2.26. The standard InChI is InChI=1S/C23H21BrN2O5/c1-29-21-10-3-15(11-17(21)14-31-19-7-5-18(24)6-8-19)13-25-26-23(28)16-4-9-20(27)22(12-16)30-2/h3-13,27H,14H2,1-2H3,(H,26,28). The fourth-order valence-corrected chi connectivity index (χ4v) is 3.00. The van der Waals surface area contributed by atoms with Gasteiger partial charge in [-0.2, -0.15) is 5.10 Å². The largest absolute Gasteiger partial charge is 0.504 e. The molecule has 7 nitrogen and oxygen atoms in total.